The van der Waals surface area contributed by atoms with Crippen molar-refractivity contribution in [2.45, 2.75) is 32.2 Å². The summed E-state index contributed by atoms with van der Waals surface area (Å²) in [5, 5.41) is 4.29. The molecule has 1 saturated heterocycles. The molecule has 1 N–H and O–H groups in total. The fraction of sp³-hybridized carbons (Fsp3) is 0.462. The van der Waals surface area contributed by atoms with Crippen LogP contribution in [0.25, 0.3) is 5.65 Å². The molecule has 1 fully saturated rings. The lowest BCUT2D eigenvalue weighted by Gasteiger charge is -2.22. The summed E-state index contributed by atoms with van der Waals surface area (Å²) in [5.41, 5.74) is 3.35. The number of pyridine rings is 1. The number of nitrogens with one attached hydrogen (secondary N) is 1. The molecular formula is C13H16ClN3. The summed E-state index contributed by atoms with van der Waals surface area (Å²) < 4.78 is 2.08. The molecular weight excluding hydrogens is 234 g/mol. The van der Waals surface area contributed by atoms with Crippen LogP contribution in [0.2, 0.25) is 5.02 Å². The van der Waals surface area contributed by atoms with Crippen LogP contribution in [-0.2, 0) is 0 Å². The zero-order valence-corrected chi connectivity index (χ0v) is 10.7. The summed E-state index contributed by atoms with van der Waals surface area (Å²) in [6.07, 6.45) is 5.67. The zero-order chi connectivity index (χ0) is 11.8. The van der Waals surface area contributed by atoms with E-state index in [0.29, 0.717) is 6.04 Å². The first kappa shape index (κ1) is 11.1. The van der Waals surface area contributed by atoms with Gasteiger partial charge in [0.1, 0.15) is 5.65 Å². The van der Waals surface area contributed by atoms with Crippen LogP contribution in [-0.4, -0.2) is 15.9 Å². The van der Waals surface area contributed by atoms with E-state index in [1.54, 1.807) is 0 Å². The minimum atomic E-state index is 0.405. The smallest absolute Gasteiger partial charge is 0.137 e. The van der Waals surface area contributed by atoms with Crippen molar-refractivity contribution in [1.82, 2.24) is 14.7 Å². The van der Waals surface area contributed by atoms with Crippen LogP contribution in [0.15, 0.2) is 18.3 Å². The van der Waals surface area contributed by atoms with E-state index in [0.717, 1.165) is 17.2 Å². The van der Waals surface area contributed by atoms with Gasteiger partial charge in [0.15, 0.2) is 0 Å². The highest BCUT2D eigenvalue weighted by Gasteiger charge is 2.20. The Morgan fingerprint density at radius 2 is 2.29 bits per heavy atom. The molecule has 1 aliphatic heterocycles. The molecule has 90 valence electrons. The van der Waals surface area contributed by atoms with Gasteiger partial charge in [-0.1, -0.05) is 18.0 Å². The van der Waals surface area contributed by atoms with Crippen molar-refractivity contribution in [3.05, 3.63) is 34.7 Å². The molecule has 1 unspecified atom stereocenters. The molecule has 0 amide bonds. The van der Waals surface area contributed by atoms with Crippen molar-refractivity contribution < 1.29 is 0 Å². The first-order valence-electron chi connectivity index (χ1n) is 6.13. The maximum absolute atomic E-state index is 6.02. The van der Waals surface area contributed by atoms with Crippen LogP contribution < -0.4 is 5.32 Å². The molecule has 0 bridgehead atoms. The van der Waals surface area contributed by atoms with Gasteiger partial charge in [0, 0.05) is 11.9 Å². The third-order valence-electron chi connectivity index (χ3n) is 3.50. The monoisotopic (exact) mass is 249 g/mol. The van der Waals surface area contributed by atoms with Crippen LogP contribution in [0, 0.1) is 6.92 Å². The van der Waals surface area contributed by atoms with E-state index < -0.39 is 0 Å². The van der Waals surface area contributed by atoms with Gasteiger partial charge in [-0.25, -0.2) is 4.98 Å². The molecule has 4 heteroatoms. The van der Waals surface area contributed by atoms with E-state index >= 15 is 0 Å². The SMILES string of the molecule is Cc1c(C2CCCCN2)nc2ccc(Cl)cn12. The highest BCUT2D eigenvalue weighted by atomic mass is 35.5. The lowest BCUT2D eigenvalue weighted by Crippen LogP contribution is -2.27. The number of piperidine rings is 1. The van der Waals surface area contributed by atoms with E-state index in [4.69, 9.17) is 16.6 Å². The summed E-state index contributed by atoms with van der Waals surface area (Å²) in [4.78, 5) is 4.72. The standard InChI is InChI=1S/C13H16ClN3/c1-9-13(11-4-2-3-7-15-11)16-12-6-5-10(14)8-17(9)12/h5-6,8,11,15H,2-4,7H2,1H3. The van der Waals surface area contributed by atoms with Gasteiger partial charge in [-0.3, -0.25) is 0 Å². The van der Waals surface area contributed by atoms with Gasteiger partial charge in [0.25, 0.3) is 0 Å². The number of hydrogen-bond donors (Lipinski definition) is 1. The maximum Gasteiger partial charge on any atom is 0.137 e. The van der Waals surface area contributed by atoms with Crippen molar-refractivity contribution in [3.63, 3.8) is 0 Å². The second-order valence-corrected chi connectivity index (χ2v) is 5.10. The molecule has 0 radical (unpaired) electrons. The highest BCUT2D eigenvalue weighted by molar-refractivity contribution is 6.30. The minimum Gasteiger partial charge on any atom is -0.309 e. The fourth-order valence-electron chi connectivity index (χ4n) is 2.57. The predicted molar refractivity (Wildman–Crippen MR) is 69.5 cm³/mol. The number of nitrogens with zero attached hydrogens (tertiary/aromatic N) is 2. The van der Waals surface area contributed by atoms with Crippen molar-refractivity contribution in [2.24, 2.45) is 0 Å². The molecule has 2 aromatic heterocycles. The Morgan fingerprint density at radius 3 is 3.06 bits per heavy atom. The third-order valence-corrected chi connectivity index (χ3v) is 3.72. The van der Waals surface area contributed by atoms with Gasteiger partial charge in [0.2, 0.25) is 0 Å². The number of fused-ring (bicyclic) bond motifs is 1. The molecule has 1 atom stereocenters. The second kappa shape index (κ2) is 4.31. The number of aryl methyl sites for hydroxylation is 1. The average Bonchev–Trinajstić information content (AvgIpc) is 2.68. The predicted octanol–water partition coefficient (Wildman–Crippen LogP) is 3.11. The Bertz CT molecular complexity index is 541. The topological polar surface area (TPSA) is 29.3 Å². The molecule has 0 saturated carbocycles. The quantitative estimate of drug-likeness (QED) is 0.842. The van der Waals surface area contributed by atoms with E-state index in [1.165, 1.54) is 30.7 Å². The summed E-state index contributed by atoms with van der Waals surface area (Å²) in [6.45, 7) is 3.21. The molecule has 1 aliphatic rings. The van der Waals surface area contributed by atoms with Crippen molar-refractivity contribution in [2.75, 3.05) is 6.54 Å². The molecule has 3 heterocycles. The largest absolute Gasteiger partial charge is 0.309 e. The van der Waals surface area contributed by atoms with Crippen molar-refractivity contribution in [1.29, 1.82) is 0 Å². The zero-order valence-electron chi connectivity index (χ0n) is 9.91. The number of aromatic nitrogens is 2. The Labute approximate surface area is 106 Å². The molecule has 3 nitrogen and oxygen atoms in total. The van der Waals surface area contributed by atoms with Gasteiger partial charge in [-0.15, -0.1) is 0 Å². The fourth-order valence-corrected chi connectivity index (χ4v) is 2.73. The van der Waals surface area contributed by atoms with E-state index in [-0.39, 0.29) is 0 Å². The Kier molecular flexibility index (Phi) is 2.81. The molecule has 0 aromatic carbocycles. The molecule has 0 aliphatic carbocycles. The van der Waals surface area contributed by atoms with Gasteiger partial charge in [-0.05, 0) is 38.4 Å². The first-order valence-corrected chi connectivity index (χ1v) is 6.51. The average molecular weight is 250 g/mol. The van der Waals surface area contributed by atoms with E-state index in [2.05, 4.69) is 16.6 Å². The summed E-state index contributed by atoms with van der Waals surface area (Å²) >= 11 is 6.02. The van der Waals surface area contributed by atoms with Crippen LogP contribution in [0.3, 0.4) is 0 Å². The van der Waals surface area contributed by atoms with E-state index in [1.807, 2.05) is 18.3 Å². The number of imidazole rings is 1. The normalized spacial score (nSPS) is 20.9. The maximum atomic E-state index is 6.02. The summed E-state index contributed by atoms with van der Waals surface area (Å²) in [6, 6.07) is 4.27. The summed E-state index contributed by atoms with van der Waals surface area (Å²) in [5.74, 6) is 0. The summed E-state index contributed by atoms with van der Waals surface area (Å²) in [7, 11) is 0. The molecule has 0 spiro atoms. The van der Waals surface area contributed by atoms with Crippen LogP contribution in [0.5, 0.6) is 0 Å². The second-order valence-electron chi connectivity index (χ2n) is 4.66. The minimum absolute atomic E-state index is 0.405. The number of rotatable bonds is 1. The van der Waals surface area contributed by atoms with Crippen molar-refractivity contribution >= 4 is 17.2 Å². The molecule has 17 heavy (non-hydrogen) atoms. The van der Waals surface area contributed by atoms with Gasteiger partial charge < -0.3 is 9.72 Å². The van der Waals surface area contributed by atoms with Gasteiger partial charge >= 0.3 is 0 Å². The van der Waals surface area contributed by atoms with Gasteiger partial charge in [0.05, 0.1) is 16.8 Å². The lowest BCUT2D eigenvalue weighted by molar-refractivity contribution is 0.405. The van der Waals surface area contributed by atoms with Crippen LogP contribution in [0.1, 0.15) is 36.7 Å². The Morgan fingerprint density at radius 1 is 1.41 bits per heavy atom. The Balaban J connectivity index is 2.07. The van der Waals surface area contributed by atoms with Crippen molar-refractivity contribution in [3.8, 4) is 0 Å². The third kappa shape index (κ3) is 1.94. The van der Waals surface area contributed by atoms with Gasteiger partial charge in [-0.2, -0.15) is 0 Å². The molecule has 3 rings (SSSR count). The number of halogens is 1. The van der Waals surface area contributed by atoms with Crippen LogP contribution >= 0.6 is 11.6 Å². The van der Waals surface area contributed by atoms with E-state index in [9.17, 15) is 0 Å². The Hall–Kier alpha value is -1.06. The highest BCUT2D eigenvalue weighted by Crippen LogP contribution is 2.26. The van der Waals surface area contributed by atoms with Crippen LogP contribution in [0.4, 0.5) is 0 Å². The first-order chi connectivity index (χ1) is 8.25. The number of hydrogen-bond acceptors (Lipinski definition) is 2. The lowest BCUT2D eigenvalue weighted by atomic mass is 10.0. The molecule has 2 aromatic rings.